The van der Waals surface area contributed by atoms with Crippen molar-refractivity contribution in [3.63, 3.8) is 0 Å². The highest BCUT2D eigenvalue weighted by Crippen LogP contribution is 2.49. The summed E-state index contributed by atoms with van der Waals surface area (Å²) in [6, 6.07) is 0. The first-order chi connectivity index (χ1) is 8.56. The number of carbonyl (C=O) groups excluding carboxylic acids is 1. The number of nitrogens with zero attached hydrogens (tertiary/aromatic N) is 1. The molecule has 0 aromatic carbocycles. The molecule has 2 fully saturated rings. The van der Waals surface area contributed by atoms with E-state index in [0.717, 1.165) is 11.8 Å². The maximum Gasteiger partial charge on any atom is 0.303 e. The number of rotatable bonds is 6. The summed E-state index contributed by atoms with van der Waals surface area (Å²) >= 11 is 0. The lowest BCUT2D eigenvalue weighted by Gasteiger charge is -2.24. The van der Waals surface area contributed by atoms with Crippen molar-refractivity contribution in [3.05, 3.63) is 0 Å². The fourth-order valence-electron chi connectivity index (χ4n) is 3.60. The zero-order valence-electron chi connectivity index (χ0n) is 11.1. The summed E-state index contributed by atoms with van der Waals surface area (Å²) in [6.07, 6.45) is 6.61. The number of hydrogen-bond donors (Lipinski definition) is 1. The standard InChI is InChI=1S/C14H23NO3/c1-15(6-2-3-14(17)18)13(16)9-12-8-10-4-5-11(12)7-10/h10-12H,2-9H2,1H3,(H,17,18). The second-order valence-corrected chi connectivity index (χ2v) is 5.95. The molecule has 0 spiro atoms. The molecule has 0 saturated heterocycles. The summed E-state index contributed by atoms with van der Waals surface area (Å²) < 4.78 is 0. The lowest BCUT2D eigenvalue weighted by molar-refractivity contribution is -0.138. The Morgan fingerprint density at radius 1 is 1.28 bits per heavy atom. The van der Waals surface area contributed by atoms with Crippen LogP contribution in [0.3, 0.4) is 0 Å². The van der Waals surface area contributed by atoms with E-state index in [4.69, 9.17) is 5.11 Å². The van der Waals surface area contributed by atoms with Crippen LogP contribution in [0.2, 0.25) is 0 Å². The van der Waals surface area contributed by atoms with E-state index < -0.39 is 5.97 Å². The number of carboxylic acid groups (broad SMARTS) is 1. The number of hydrogen-bond acceptors (Lipinski definition) is 2. The summed E-state index contributed by atoms with van der Waals surface area (Å²) in [5.41, 5.74) is 0. The minimum Gasteiger partial charge on any atom is -0.481 e. The first-order valence-corrected chi connectivity index (χ1v) is 7.02. The number of amides is 1. The van der Waals surface area contributed by atoms with E-state index >= 15 is 0 Å². The average molecular weight is 253 g/mol. The van der Waals surface area contributed by atoms with E-state index in [2.05, 4.69) is 0 Å². The molecule has 0 aromatic heterocycles. The van der Waals surface area contributed by atoms with Gasteiger partial charge in [0.25, 0.3) is 0 Å². The van der Waals surface area contributed by atoms with Crippen LogP contribution < -0.4 is 0 Å². The van der Waals surface area contributed by atoms with Gasteiger partial charge >= 0.3 is 5.97 Å². The lowest BCUT2D eigenvalue weighted by Crippen LogP contribution is -2.30. The Labute approximate surface area is 108 Å². The number of carbonyl (C=O) groups is 2. The van der Waals surface area contributed by atoms with E-state index in [1.54, 1.807) is 11.9 Å². The van der Waals surface area contributed by atoms with Gasteiger partial charge in [-0.3, -0.25) is 9.59 Å². The summed E-state index contributed by atoms with van der Waals surface area (Å²) in [4.78, 5) is 24.1. The SMILES string of the molecule is CN(CCCC(=O)O)C(=O)CC1CC2CCC1C2. The molecule has 2 rings (SSSR count). The molecule has 4 heteroatoms. The minimum atomic E-state index is -0.788. The molecule has 0 aromatic rings. The quantitative estimate of drug-likeness (QED) is 0.789. The summed E-state index contributed by atoms with van der Waals surface area (Å²) in [5, 5.41) is 8.56. The smallest absolute Gasteiger partial charge is 0.303 e. The molecule has 0 radical (unpaired) electrons. The lowest BCUT2D eigenvalue weighted by atomic mass is 9.86. The predicted octanol–water partition coefficient (Wildman–Crippen LogP) is 2.14. The van der Waals surface area contributed by atoms with Crippen LogP contribution in [0.25, 0.3) is 0 Å². The molecular formula is C14H23NO3. The highest BCUT2D eigenvalue weighted by atomic mass is 16.4. The van der Waals surface area contributed by atoms with Gasteiger partial charge in [-0.15, -0.1) is 0 Å². The Morgan fingerprint density at radius 2 is 2.06 bits per heavy atom. The highest BCUT2D eigenvalue weighted by molar-refractivity contribution is 5.76. The van der Waals surface area contributed by atoms with Gasteiger partial charge in [-0.2, -0.15) is 0 Å². The highest BCUT2D eigenvalue weighted by Gasteiger charge is 2.40. The van der Waals surface area contributed by atoms with Gasteiger partial charge in [-0.1, -0.05) is 6.42 Å². The van der Waals surface area contributed by atoms with Crippen molar-refractivity contribution >= 4 is 11.9 Å². The van der Waals surface area contributed by atoms with Crippen LogP contribution in [0.5, 0.6) is 0 Å². The maximum atomic E-state index is 12.0. The Bertz CT molecular complexity index is 329. The molecule has 2 aliphatic rings. The molecular weight excluding hydrogens is 230 g/mol. The second kappa shape index (κ2) is 5.72. The van der Waals surface area contributed by atoms with Crippen LogP contribution in [0.4, 0.5) is 0 Å². The van der Waals surface area contributed by atoms with Gasteiger partial charge in [0.2, 0.25) is 5.91 Å². The van der Waals surface area contributed by atoms with Crippen LogP contribution in [0.15, 0.2) is 0 Å². The normalized spacial score (nSPS) is 29.5. The first-order valence-electron chi connectivity index (χ1n) is 7.02. The molecule has 2 saturated carbocycles. The van der Waals surface area contributed by atoms with Crippen molar-refractivity contribution in [2.45, 2.75) is 44.9 Å². The number of aliphatic carboxylic acids is 1. The van der Waals surface area contributed by atoms with Crippen molar-refractivity contribution < 1.29 is 14.7 Å². The van der Waals surface area contributed by atoms with Gasteiger partial charge in [0.05, 0.1) is 0 Å². The van der Waals surface area contributed by atoms with Crippen LogP contribution >= 0.6 is 0 Å². The van der Waals surface area contributed by atoms with E-state index in [-0.39, 0.29) is 12.3 Å². The van der Waals surface area contributed by atoms with Crippen molar-refractivity contribution in [2.24, 2.45) is 17.8 Å². The van der Waals surface area contributed by atoms with Gasteiger partial charge in [0.15, 0.2) is 0 Å². The maximum absolute atomic E-state index is 12.0. The second-order valence-electron chi connectivity index (χ2n) is 5.95. The molecule has 2 aliphatic carbocycles. The summed E-state index contributed by atoms with van der Waals surface area (Å²) in [6.45, 7) is 0.561. The molecule has 1 amide bonds. The summed E-state index contributed by atoms with van der Waals surface area (Å²) in [5.74, 6) is 1.66. The van der Waals surface area contributed by atoms with Crippen molar-refractivity contribution in [1.29, 1.82) is 0 Å². The monoisotopic (exact) mass is 253 g/mol. The van der Waals surface area contributed by atoms with Gasteiger partial charge < -0.3 is 10.0 Å². The Kier molecular flexibility index (Phi) is 4.25. The molecule has 3 unspecified atom stereocenters. The molecule has 18 heavy (non-hydrogen) atoms. The Morgan fingerprint density at radius 3 is 2.61 bits per heavy atom. The molecule has 0 aliphatic heterocycles. The Balaban J connectivity index is 1.69. The third-order valence-electron chi connectivity index (χ3n) is 4.63. The number of carboxylic acids is 1. The molecule has 0 heterocycles. The minimum absolute atomic E-state index is 0.145. The van der Waals surface area contributed by atoms with Crippen molar-refractivity contribution in [1.82, 2.24) is 4.90 Å². The molecule has 3 atom stereocenters. The van der Waals surface area contributed by atoms with Crippen LogP contribution in [0.1, 0.15) is 44.9 Å². The topological polar surface area (TPSA) is 57.6 Å². The predicted molar refractivity (Wildman–Crippen MR) is 68.1 cm³/mol. The molecule has 1 N–H and O–H groups in total. The van der Waals surface area contributed by atoms with Gasteiger partial charge in [-0.05, 0) is 43.4 Å². The average Bonchev–Trinajstić information content (AvgIpc) is 2.90. The van der Waals surface area contributed by atoms with Gasteiger partial charge in [-0.25, -0.2) is 0 Å². The number of fused-ring (bicyclic) bond motifs is 2. The van der Waals surface area contributed by atoms with Crippen molar-refractivity contribution in [3.8, 4) is 0 Å². The largest absolute Gasteiger partial charge is 0.481 e. The van der Waals surface area contributed by atoms with Crippen LogP contribution in [-0.4, -0.2) is 35.5 Å². The fraction of sp³-hybridized carbons (Fsp3) is 0.857. The van der Waals surface area contributed by atoms with E-state index in [9.17, 15) is 9.59 Å². The zero-order valence-corrected chi connectivity index (χ0v) is 11.1. The van der Waals surface area contributed by atoms with Gasteiger partial charge in [0, 0.05) is 26.4 Å². The van der Waals surface area contributed by atoms with E-state index in [1.807, 2.05) is 0 Å². The molecule has 2 bridgehead atoms. The zero-order chi connectivity index (χ0) is 13.1. The first kappa shape index (κ1) is 13.4. The van der Waals surface area contributed by atoms with Crippen LogP contribution in [0, 0.1) is 17.8 Å². The van der Waals surface area contributed by atoms with Crippen LogP contribution in [-0.2, 0) is 9.59 Å². The fourth-order valence-corrected chi connectivity index (χ4v) is 3.60. The Hall–Kier alpha value is -1.06. The molecule has 102 valence electrons. The molecule has 4 nitrogen and oxygen atoms in total. The third-order valence-corrected chi connectivity index (χ3v) is 4.63. The van der Waals surface area contributed by atoms with E-state index in [0.29, 0.717) is 25.3 Å². The summed E-state index contributed by atoms with van der Waals surface area (Å²) in [7, 11) is 1.79. The van der Waals surface area contributed by atoms with Gasteiger partial charge in [0.1, 0.15) is 0 Å². The van der Waals surface area contributed by atoms with E-state index in [1.165, 1.54) is 25.7 Å². The third kappa shape index (κ3) is 3.24. The van der Waals surface area contributed by atoms with Crippen molar-refractivity contribution in [2.75, 3.05) is 13.6 Å².